The van der Waals surface area contributed by atoms with Gasteiger partial charge in [-0.25, -0.2) is 8.42 Å². The van der Waals surface area contributed by atoms with Crippen LogP contribution in [0.1, 0.15) is 39.5 Å². The number of halogens is 1. The van der Waals surface area contributed by atoms with Crippen molar-refractivity contribution >= 4 is 38.3 Å². The lowest BCUT2D eigenvalue weighted by atomic mass is 10.1. The second kappa shape index (κ2) is 7.56. The third kappa shape index (κ3) is 6.03. The third-order valence-electron chi connectivity index (χ3n) is 2.82. The molecule has 0 fully saturated rings. The highest BCUT2D eigenvalue weighted by molar-refractivity contribution is 14.1. The Labute approximate surface area is 118 Å². The number of carbonyl (C=O) groups is 1. The Hall–Kier alpha value is 0.150. The lowest BCUT2D eigenvalue weighted by molar-refractivity contribution is -0.122. The van der Waals surface area contributed by atoms with Crippen molar-refractivity contribution in [3.05, 3.63) is 0 Å². The van der Waals surface area contributed by atoms with Gasteiger partial charge in [-0.2, -0.15) is 0 Å². The van der Waals surface area contributed by atoms with Crippen LogP contribution in [-0.2, 0) is 14.6 Å². The first-order valence-corrected chi connectivity index (χ1v) is 9.19. The molecule has 0 aliphatic carbocycles. The first-order valence-electron chi connectivity index (χ1n) is 5.77. The van der Waals surface area contributed by atoms with Gasteiger partial charge in [0.2, 0.25) is 5.91 Å². The van der Waals surface area contributed by atoms with E-state index in [1.807, 2.05) is 0 Å². The molecule has 0 heterocycles. The Balaban J connectivity index is 3.96. The predicted octanol–water partition coefficient (Wildman–Crippen LogP) is 1.92. The minimum absolute atomic E-state index is 0.408. The molecule has 0 unspecified atom stereocenters. The molecule has 0 spiro atoms. The fourth-order valence-electron chi connectivity index (χ4n) is 1.16. The number of unbranched alkanes of at least 4 members (excludes halogenated alkanes) is 3. The van der Waals surface area contributed by atoms with Crippen LogP contribution in [0.3, 0.4) is 0 Å². The highest BCUT2D eigenvalue weighted by atomic mass is 127. The van der Waals surface area contributed by atoms with Gasteiger partial charge in [-0.15, -0.1) is 0 Å². The SMILES string of the molecule is CC(C)(C(=O)NCCCCCCI)S(C)(=O)=O. The lowest BCUT2D eigenvalue weighted by Gasteiger charge is -2.21. The molecule has 0 aromatic carbocycles. The minimum Gasteiger partial charge on any atom is -0.355 e. The molecular formula is C11H22INO3S. The molecule has 0 saturated heterocycles. The molecule has 0 aliphatic rings. The Morgan fingerprint density at radius 3 is 2.18 bits per heavy atom. The summed E-state index contributed by atoms with van der Waals surface area (Å²) in [4.78, 5) is 11.7. The van der Waals surface area contributed by atoms with E-state index in [1.165, 1.54) is 20.3 Å². The molecule has 1 N–H and O–H groups in total. The number of rotatable bonds is 8. The largest absolute Gasteiger partial charge is 0.355 e. The maximum absolute atomic E-state index is 11.7. The van der Waals surface area contributed by atoms with E-state index in [1.54, 1.807) is 0 Å². The fourth-order valence-corrected chi connectivity index (χ4v) is 2.10. The van der Waals surface area contributed by atoms with E-state index in [0.717, 1.165) is 29.9 Å². The molecule has 0 bridgehead atoms. The zero-order valence-electron chi connectivity index (χ0n) is 10.8. The van der Waals surface area contributed by atoms with E-state index in [-0.39, 0.29) is 0 Å². The van der Waals surface area contributed by atoms with Gasteiger partial charge in [0.05, 0.1) is 0 Å². The number of amides is 1. The third-order valence-corrected chi connectivity index (χ3v) is 5.62. The molecule has 1 amide bonds. The second-order valence-corrected chi connectivity index (χ2v) is 8.29. The monoisotopic (exact) mass is 375 g/mol. The minimum atomic E-state index is -3.37. The highest BCUT2D eigenvalue weighted by Crippen LogP contribution is 2.14. The van der Waals surface area contributed by atoms with Crippen LogP contribution in [0.2, 0.25) is 0 Å². The standard InChI is InChI=1S/C11H22INO3S/c1-11(2,17(3,15)16)10(14)13-9-7-5-4-6-8-12/h4-9H2,1-3H3,(H,13,14). The van der Waals surface area contributed by atoms with E-state index >= 15 is 0 Å². The van der Waals surface area contributed by atoms with Crippen molar-refractivity contribution in [1.29, 1.82) is 0 Å². The Morgan fingerprint density at radius 1 is 1.18 bits per heavy atom. The van der Waals surface area contributed by atoms with E-state index in [9.17, 15) is 13.2 Å². The molecule has 102 valence electrons. The van der Waals surface area contributed by atoms with Crippen molar-refractivity contribution in [2.75, 3.05) is 17.2 Å². The second-order valence-electron chi connectivity index (χ2n) is 4.64. The Kier molecular flexibility index (Phi) is 7.62. The van der Waals surface area contributed by atoms with Crippen LogP contribution >= 0.6 is 22.6 Å². The van der Waals surface area contributed by atoms with Gasteiger partial charge < -0.3 is 5.32 Å². The number of sulfone groups is 1. The summed E-state index contributed by atoms with van der Waals surface area (Å²) in [6.45, 7) is 3.43. The van der Waals surface area contributed by atoms with Gasteiger partial charge in [-0.3, -0.25) is 4.79 Å². The van der Waals surface area contributed by atoms with Crippen LogP contribution in [0.4, 0.5) is 0 Å². The molecule has 0 aromatic rings. The number of hydrogen-bond acceptors (Lipinski definition) is 3. The summed E-state index contributed by atoms with van der Waals surface area (Å²) < 4.78 is 22.6. The zero-order valence-corrected chi connectivity index (χ0v) is 13.7. The predicted molar refractivity (Wildman–Crippen MR) is 79.3 cm³/mol. The molecule has 0 saturated carbocycles. The molecule has 0 aromatic heterocycles. The number of nitrogens with one attached hydrogen (secondary N) is 1. The van der Waals surface area contributed by atoms with Gasteiger partial charge in [0.25, 0.3) is 0 Å². The van der Waals surface area contributed by atoms with Gasteiger partial charge in [0.1, 0.15) is 4.75 Å². The first-order chi connectivity index (χ1) is 7.73. The van der Waals surface area contributed by atoms with Crippen molar-refractivity contribution in [3.63, 3.8) is 0 Å². The Morgan fingerprint density at radius 2 is 1.71 bits per heavy atom. The van der Waals surface area contributed by atoms with Crippen LogP contribution in [-0.4, -0.2) is 36.3 Å². The van der Waals surface area contributed by atoms with E-state index in [0.29, 0.717) is 6.54 Å². The fraction of sp³-hybridized carbons (Fsp3) is 0.909. The normalized spacial score (nSPS) is 12.5. The van der Waals surface area contributed by atoms with E-state index in [4.69, 9.17) is 0 Å². The van der Waals surface area contributed by atoms with Crippen molar-refractivity contribution in [2.24, 2.45) is 0 Å². The highest BCUT2D eigenvalue weighted by Gasteiger charge is 2.37. The van der Waals surface area contributed by atoms with Gasteiger partial charge in [0, 0.05) is 12.8 Å². The molecule has 0 aliphatic heterocycles. The number of alkyl halides is 1. The van der Waals surface area contributed by atoms with Crippen LogP contribution in [0.5, 0.6) is 0 Å². The summed E-state index contributed by atoms with van der Waals surface area (Å²) >= 11 is 2.34. The number of carbonyl (C=O) groups excluding carboxylic acids is 1. The molecule has 0 atom stereocenters. The summed E-state index contributed by atoms with van der Waals surface area (Å²) in [5.74, 6) is -0.408. The van der Waals surface area contributed by atoms with E-state index in [2.05, 4.69) is 27.9 Å². The van der Waals surface area contributed by atoms with Crippen LogP contribution in [0, 0.1) is 0 Å². The average molecular weight is 375 g/mol. The van der Waals surface area contributed by atoms with Crippen molar-refractivity contribution < 1.29 is 13.2 Å². The van der Waals surface area contributed by atoms with Crippen molar-refractivity contribution in [3.8, 4) is 0 Å². The van der Waals surface area contributed by atoms with Crippen LogP contribution in [0.15, 0.2) is 0 Å². The average Bonchev–Trinajstić information content (AvgIpc) is 2.21. The van der Waals surface area contributed by atoms with Crippen molar-refractivity contribution in [2.45, 2.75) is 44.3 Å². The Bertz CT molecular complexity index is 339. The molecule has 4 nitrogen and oxygen atoms in total. The molecule has 6 heteroatoms. The van der Waals surface area contributed by atoms with Crippen LogP contribution < -0.4 is 5.32 Å². The summed E-state index contributed by atoms with van der Waals surface area (Å²) in [6, 6.07) is 0. The summed E-state index contributed by atoms with van der Waals surface area (Å²) in [7, 11) is -3.37. The van der Waals surface area contributed by atoms with E-state index < -0.39 is 20.5 Å². The first kappa shape index (κ1) is 17.2. The number of hydrogen-bond donors (Lipinski definition) is 1. The molecule has 17 heavy (non-hydrogen) atoms. The molecular weight excluding hydrogens is 353 g/mol. The van der Waals surface area contributed by atoms with Gasteiger partial charge >= 0.3 is 0 Å². The zero-order chi connectivity index (χ0) is 13.5. The lowest BCUT2D eigenvalue weighted by Crippen LogP contribution is -2.47. The summed E-state index contributed by atoms with van der Waals surface area (Å²) in [6.07, 6.45) is 5.43. The van der Waals surface area contributed by atoms with Gasteiger partial charge in [-0.1, -0.05) is 35.4 Å². The van der Waals surface area contributed by atoms with Crippen LogP contribution in [0.25, 0.3) is 0 Å². The van der Waals surface area contributed by atoms with Gasteiger partial charge in [-0.05, 0) is 31.1 Å². The molecule has 0 rings (SSSR count). The molecule has 0 radical (unpaired) electrons. The van der Waals surface area contributed by atoms with Crippen molar-refractivity contribution in [1.82, 2.24) is 5.32 Å². The maximum Gasteiger partial charge on any atom is 0.240 e. The smallest absolute Gasteiger partial charge is 0.240 e. The van der Waals surface area contributed by atoms with Gasteiger partial charge in [0.15, 0.2) is 9.84 Å². The topological polar surface area (TPSA) is 63.2 Å². The summed E-state index contributed by atoms with van der Waals surface area (Å²) in [5, 5.41) is 2.69. The quantitative estimate of drug-likeness (QED) is 0.401. The maximum atomic E-state index is 11.7. The summed E-state index contributed by atoms with van der Waals surface area (Å²) in [5.41, 5.74) is 0.